The standard InChI is InChI=1S/C9H11NO2.C7H5NO.ClH/c1-2-12-9(10)7-3-5-8(11)6-4-7;8-5-6-1-3-7(9)4-2-6;/h3-6,10-11H,2H2,1H3;1-4,9H;1H. The minimum Gasteiger partial charge on any atom is -0.508 e. The topological polar surface area (TPSA) is 97.3 Å². The lowest BCUT2D eigenvalue weighted by Gasteiger charge is -2.03. The molecule has 0 aliphatic carbocycles. The molecule has 0 bridgehead atoms. The molecular formula is C16H17ClN2O3. The molecule has 0 saturated carbocycles. The quantitative estimate of drug-likeness (QED) is 0.583. The molecule has 6 heteroatoms. The number of nitriles is 1. The normalized spacial score (nSPS) is 8.55. The van der Waals surface area contributed by atoms with Crippen LogP contribution in [0.5, 0.6) is 11.5 Å². The summed E-state index contributed by atoms with van der Waals surface area (Å²) < 4.78 is 4.97. The van der Waals surface area contributed by atoms with Gasteiger partial charge in [0.2, 0.25) is 5.90 Å². The maximum absolute atomic E-state index is 8.96. The minimum atomic E-state index is 0. The molecule has 3 N–H and O–H groups in total. The van der Waals surface area contributed by atoms with E-state index in [1.165, 1.54) is 24.3 Å². The summed E-state index contributed by atoms with van der Waals surface area (Å²) >= 11 is 0. The van der Waals surface area contributed by atoms with Gasteiger partial charge >= 0.3 is 0 Å². The molecular weight excluding hydrogens is 304 g/mol. The van der Waals surface area contributed by atoms with E-state index < -0.39 is 0 Å². The predicted molar refractivity (Wildman–Crippen MR) is 86.6 cm³/mol. The van der Waals surface area contributed by atoms with Crippen molar-refractivity contribution in [3.8, 4) is 17.6 Å². The van der Waals surface area contributed by atoms with Crippen LogP contribution in [0.2, 0.25) is 0 Å². The van der Waals surface area contributed by atoms with Crippen molar-refractivity contribution in [2.24, 2.45) is 0 Å². The monoisotopic (exact) mass is 320 g/mol. The summed E-state index contributed by atoms with van der Waals surface area (Å²) in [5.74, 6) is 0.523. The van der Waals surface area contributed by atoms with Gasteiger partial charge < -0.3 is 14.9 Å². The molecule has 0 atom stereocenters. The number of halogens is 1. The van der Waals surface area contributed by atoms with E-state index in [1.807, 2.05) is 13.0 Å². The molecule has 2 aromatic carbocycles. The van der Waals surface area contributed by atoms with Crippen molar-refractivity contribution >= 4 is 18.3 Å². The fourth-order valence-electron chi connectivity index (χ4n) is 1.38. The van der Waals surface area contributed by atoms with Crippen LogP contribution in [0.25, 0.3) is 0 Å². The van der Waals surface area contributed by atoms with E-state index in [9.17, 15) is 0 Å². The number of hydrogen-bond acceptors (Lipinski definition) is 5. The fourth-order valence-corrected chi connectivity index (χ4v) is 1.38. The molecule has 0 aromatic heterocycles. The first kappa shape index (κ1) is 19.3. The van der Waals surface area contributed by atoms with Crippen molar-refractivity contribution in [3.63, 3.8) is 0 Å². The molecule has 0 saturated heterocycles. The van der Waals surface area contributed by atoms with Crippen LogP contribution in [0.3, 0.4) is 0 Å². The van der Waals surface area contributed by atoms with Crippen LogP contribution >= 0.6 is 12.4 Å². The third-order valence-electron chi connectivity index (χ3n) is 2.41. The number of phenols is 2. The number of nitrogens with zero attached hydrogens (tertiary/aromatic N) is 1. The first-order valence-corrected chi connectivity index (χ1v) is 6.26. The van der Waals surface area contributed by atoms with Gasteiger partial charge in [-0.05, 0) is 55.5 Å². The summed E-state index contributed by atoms with van der Waals surface area (Å²) in [5, 5.41) is 33.4. The molecule has 5 nitrogen and oxygen atoms in total. The lowest BCUT2D eigenvalue weighted by Crippen LogP contribution is -2.03. The fraction of sp³-hybridized carbons (Fsp3) is 0.125. The second-order valence-corrected chi connectivity index (χ2v) is 3.97. The number of aromatic hydroxyl groups is 2. The van der Waals surface area contributed by atoms with Crippen LogP contribution in [0.4, 0.5) is 0 Å². The van der Waals surface area contributed by atoms with Crippen LogP contribution in [0.15, 0.2) is 48.5 Å². The molecule has 0 heterocycles. The molecule has 0 unspecified atom stereocenters. The summed E-state index contributed by atoms with van der Waals surface area (Å²) in [7, 11) is 0. The summed E-state index contributed by atoms with van der Waals surface area (Å²) in [5.41, 5.74) is 1.24. The lowest BCUT2D eigenvalue weighted by atomic mass is 10.2. The van der Waals surface area contributed by atoms with E-state index >= 15 is 0 Å². The molecule has 0 radical (unpaired) electrons. The number of benzene rings is 2. The molecule has 22 heavy (non-hydrogen) atoms. The van der Waals surface area contributed by atoms with Crippen molar-refractivity contribution in [1.29, 1.82) is 10.7 Å². The Balaban J connectivity index is 0.000000397. The summed E-state index contributed by atoms with van der Waals surface area (Å²) in [4.78, 5) is 0. The smallest absolute Gasteiger partial charge is 0.213 e. The first-order valence-electron chi connectivity index (χ1n) is 6.26. The summed E-state index contributed by atoms with van der Waals surface area (Å²) in [6, 6.07) is 14.4. The highest BCUT2D eigenvalue weighted by molar-refractivity contribution is 5.91. The van der Waals surface area contributed by atoms with E-state index in [4.69, 9.17) is 25.6 Å². The van der Waals surface area contributed by atoms with Gasteiger partial charge in [0.15, 0.2) is 0 Å². The molecule has 0 aliphatic heterocycles. The van der Waals surface area contributed by atoms with E-state index in [-0.39, 0.29) is 29.8 Å². The van der Waals surface area contributed by atoms with E-state index in [0.29, 0.717) is 17.7 Å². The number of nitrogens with one attached hydrogen (secondary N) is 1. The second-order valence-electron chi connectivity index (χ2n) is 3.97. The Morgan fingerprint density at radius 3 is 1.91 bits per heavy atom. The Labute approximate surface area is 135 Å². The van der Waals surface area contributed by atoms with Crippen LogP contribution in [-0.4, -0.2) is 22.7 Å². The highest BCUT2D eigenvalue weighted by atomic mass is 35.5. The first-order chi connectivity index (χ1) is 10.1. The van der Waals surface area contributed by atoms with Gasteiger partial charge in [-0.25, -0.2) is 0 Å². The zero-order valence-electron chi connectivity index (χ0n) is 12.0. The molecule has 0 spiro atoms. The van der Waals surface area contributed by atoms with Crippen LogP contribution < -0.4 is 0 Å². The van der Waals surface area contributed by atoms with Gasteiger partial charge in [-0.15, -0.1) is 12.4 Å². The van der Waals surface area contributed by atoms with Gasteiger partial charge in [0.25, 0.3) is 0 Å². The number of hydrogen-bond donors (Lipinski definition) is 3. The summed E-state index contributed by atoms with van der Waals surface area (Å²) in [6.45, 7) is 2.31. The Kier molecular flexibility index (Phi) is 8.84. The third kappa shape index (κ3) is 6.64. The Bertz CT molecular complexity index is 619. The maximum Gasteiger partial charge on any atom is 0.213 e. The lowest BCUT2D eigenvalue weighted by molar-refractivity contribution is 0.325. The van der Waals surface area contributed by atoms with Crippen LogP contribution in [-0.2, 0) is 4.74 Å². The van der Waals surface area contributed by atoms with Crippen molar-refractivity contribution in [2.75, 3.05) is 6.61 Å². The third-order valence-corrected chi connectivity index (χ3v) is 2.41. The van der Waals surface area contributed by atoms with E-state index in [1.54, 1.807) is 24.3 Å². The summed E-state index contributed by atoms with van der Waals surface area (Å²) in [6.07, 6.45) is 0. The molecule has 0 amide bonds. The van der Waals surface area contributed by atoms with Gasteiger partial charge in [0.1, 0.15) is 11.5 Å². The van der Waals surface area contributed by atoms with Gasteiger partial charge in [0.05, 0.1) is 18.2 Å². The molecule has 116 valence electrons. The minimum absolute atomic E-state index is 0. The van der Waals surface area contributed by atoms with E-state index in [0.717, 1.165) is 0 Å². The maximum atomic E-state index is 8.96. The number of rotatable bonds is 2. The SMILES string of the molecule is CCOC(=N)c1ccc(O)cc1.Cl.N#Cc1ccc(O)cc1. The molecule has 2 aromatic rings. The van der Waals surface area contributed by atoms with Gasteiger partial charge in [-0.3, -0.25) is 5.41 Å². The Morgan fingerprint density at radius 1 is 1.05 bits per heavy atom. The number of ether oxygens (including phenoxy) is 1. The molecule has 0 aliphatic rings. The second kappa shape index (κ2) is 10.1. The predicted octanol–water partition coefficient (Wildman–Crippen LogP) is 3.44. The largest absolute Gasteiger partial charge is 0.508 e. The zero-order valence-corrected chi connectivity index (χ0v) is 12.8. The van der Waals surface area contributed by atoms with Gasteiger partial charge in [-0.1, -0.05) is 0 Å². The van der Waals surface area contributed by atoms with Crippen molar-refractivity contribution in [1.82, 2.24) is 0 Å². The average molecular weight is 321 g/mol. The molecule has 2 rings (SSSR count). The van der Waals surface area contributed by atoms with E-state index in [2.05, 4.69) is 0 Å². The Hall–Kier alpha value is -2.71. The molecule has 0 fully saturated rings. The highest BCUT2D eigenvalue weighted by Crippen LogP contribution is 2.10. The van der Waals surface area contributed by atoms with Crippen molar-refractivity contribution < 1.29 is 14.9 Å². The number of phenolic OH excluding ortho intramolecular Hbond substituents is 2. The average Bonchev–Trinajstić information content (AvgIpc) is 2.50. The van der Waals surface area contributed by atoms with Gasteiger partial charge in [0, 0.05) is 5.56 Å². The van der Waals surface area contributed by atoms with Crippen molar-refractivity contribution in [2.45, 2.75) is 6.92 Å². The van der Waals surface area contributed by atoms with Gasteiger partial charge in [-0.2, -0.15) is 5.26 Å². The Morgan fingerprint density at radius 2 is 1.50 bits per heavy atom. The van der Waals surface area contributed by atoms with Crippen molar-refractivity contribution in [3.05, 3.63) is 59.7 Å². The zero-order chi connectivity index (χ0) is 15.7. The van der Waals surface area contributed by atoms with Crippen LogP contribution in [0.1, 0.15) is 18.1 Å². The highest BCUT2D eigenvalue weighted by Gasteiger charge is 1.99. The van der Waals surface area contributed by atoms with Crippen LogP contribution in [0, 0.1) is 16.7 Å².